The Bertz CT molecular complexity index is 2930. The summed E-state index contributed by atoms with van der Waals surface area (Å²) in [6.45, 7) is 0. The molecule has 0 N–H and O–H groups in total. The van der Waals surface area contributed by atoms with E-state index in [1.165, 1.54) is 0 Å². The van der Waals surface area contributed by atoms with Crippen molar-refractivity contribution >= 4 is 43.4 Å². The third-order valence-corrected chi connectivity index (χ3v) is 8.27. The summed E-state index contributed by atoms with van der Waals surface area (Å²) in [5, 5.41) is 3.87. The summed E-state index contributed by atoms with van der Waals surface area (Å²) in [6, 6.07) is 36.1. The number of pyridine rings is 2. The average Bonchev–Trinajstić information content (AvgIpc) is 3.67. The van der Waals surface area contributed by atoms with Gasteiger partial charge in [-0.05, 0) is 56.9 Å². The van der Waals surface area contributed by atoms with Gasteiger partial charge < -0.3 is 4.42 Å². The molecule has 0 amide bonds. The number of hydrogen-bond acceptors (Lipinski definition) is 3. The van der Waals surface area contributed by atoms with E-state index in [0.717, 1.165) is 55.3 Å². The van der Waals surface area contributed by atoms with Crippen LogP contribution in [0, 0.1) is 0 Å². The Morgan fingerprint density at radius 2 is 1.13 bits per heavy atom. The Hall–Kier alpha value is -6.06. The number of aromatic nitrogens is 2. The number of rotatable bonds is 4. The minimum absolute atomic E-state index is 0.00133. The minimum Gasteiger partial charge on any atom is -0.456 e. The lowest BCUT2D eigenvalue weighted by Gasteiger charge is -2.13. The smallest absolute Gasteiger partial charge is 0.135 e. The van der Waals surface area contributed by atoms with E-state index in [1.54, 1.807) is 0 Å². The number of furan rings is 1. The molecule has 0 spiro atoms. The standard InChI is InChI=1S/C42H26N2O/c1-2-10-32-27(7-1)8-5-13-37(32)40-25-24-39(45-40)29-16-14-28(15-17-29)33-21-22-36(35-12-4-3-11-34(33)35)38-23-20-31-19-18-30-9-6-26-43-41(30)42(31)44-38/h1-26H/i6D,9D,18D,19D,20D,23D,26D. The van der Waals surface area contributed by atoms with E-state index in [2.05, 4.69) is 29.2 Å². The number of hydrogen-bond donors (Lipinski definition) is 0. The third kappa shape index (κ3) is 4.29. The van der Waals surface area contributed by atoms with Crippen molar-refractivity contribution in [2.24, 2.45) is 0 Å². The maximum Gasteiger partial charge on any atom is 0.135 e. The highest BCUT2D eigenvalue weighted by atomic mass is 16.3. The van der Waals surface area contributed by atoms with Gasteiger partial charge in [-0.1, -0.05) is 127 Å². The highest BCUT2D eigenvalue weighted by Gasteiger charge is 2.14. The lowest BCUT2D eigenvalue weighted by Crippen LogP contribution is -1.91. The zero-order valence-electron chi connectivity index (χ0n) is 30.8. The van der Waals surface area contributed by atoms with Crippen LogP contribution in [0.5, 0.6) is 0 Å². The number of fused-ring (bicyclic) bond motifs is 5. The van der Waals surface area contributed by atoms with Crippen LogP contribution in [-0.2, 0) is 0 Å². The molecule has 0 aliphatic carbocycles. The van der Waals surface area contributed by atoms with Crippen LogP contribution in [0.25, 0.3) is 88.4 Å². The number of benzene rings is 6. The molecule has 3 heteroatoms. The molecule has 0 aliphatic rings. The predicted molar refractivity (Wildman–Crippen MR) is 186 cm³/mol. The maximum atomic E-state index is 8.98. The molecule has 9 rings (SSSR count). The lowest BCUT2D eigenvalue weighted by atomic mass is 9.93. The van der Waals surface area contributed by atoms with Gasteiger partial charge in [0.05, 0.1) is 26.3 Å². The van der Waals surface area contributed by atoms with Crippen molar-refractivity contribution in [3.63, 3.8) is 0 Å². The van der Waals surface area contributed by atoms with Crippen molar-refractivity contribution in [1.29, 1.82) is 0 Å². The summed E-state index contributed by atoms with van der Waals surface area (Å²) in [5.74, 6) is 1.56. The molecule has 0 atom stereocenters. The molecular formula is C42H26N2O. The van der Waals surface area contributed by atoms with Crippen molar-refractivity contribution in [3.05, 3.63) is 158 Å². The predicted octanol–water partition coefficient (Wildman–Crippen LogP) is 11.4. The van der Waals surface area contributed by atoms with E-state index < -0.39 is 18.3 Å². The van der Waals surface area contributed by atoms with Crippen molar-refractivity contribution in [1.82, 2.24) is 9.97 Å². The third-order valence-electron chi connectivity index (χ3n) is 8.27. The first kappa shape index (κ1) is 19.3. The first-order chi connectivity index (χ1) is 25.2. The highest BCUT2D eigenvalue weighted by molar-refractivity contribution is 6.07. The van der Waals surface area contributed by atoms with E-state index >= 15 is 0 Å². The molecule has 0 fully saturated rings. The Kier molecular flexibility index (Phi) is 4.40. The van der Waals surface area contributed by atoms with Crippen LogP contribution in [0.1, 0.15) is 9.60 Å². The summed E-state index contributed by atoms with van der Waals surface area (Å²) in [4.78, 5) is 8.96. The molecule has 210 valence electrons. The van der Waals surface area contributed by atoms with Gasteiger partial charge in [0.15, 0.2) is 0 Å². The minimum atomic E-state index is -0.459. The van der Waals surface area contributed by atoms with Crippen molar-refractivity contribution in [2.75, 3.05) is 0 Å². The van der Waals surface area contributed by atoms with Crippen LogP contribution in [-0.4, -0.2) is 9.97 Å². The van der Waals surface area contributed by atoms with Crippen molar-refractivity contribution in [3.8, 4) is 45.0 Å². The topological polar surface area (TPSA) is 38.9 Å². The molecule has 3 nitrogen and oxygen atoms in total. The van der Waals surface area contributed by atoms with Gasteiger partial charge in [0.2, 0.25) is 0 Å². The Morgan fingerprint density at radius 3 is 2.00 bits per heavy atom. The van der Waals surface area contributed by atoms with E-state index in [0.29, 0.717) is 5.56 Å². The monoisotopic (exact) mass is 581 g/mol. The fourth-order valence-electron chi connectivity index (χ4n) is 6.09. The second kappa shape index (κ2) is 10.3. The van der Waals surface area contributed by atoms with Crippen LogP contribution in [0.15, 0.2) is 162 Å². The quantitative estimate of drug-likeness (QED) is 0.194. The Balaban J connectivity index is 1.14. The van der Waals surface area contributed by atoms with Gasteiger partial charge in [-0.15, -0.1) is 0 Å². The van der Waals surface area contributed by atoms with Crippen LogP contribution in [0.2, 0.25) is 0 Å². The molecule has 0 unspecified atom stereocenters. The van der Waals surface area contributed by atoms with Gasteiger partial charge in [-0.25, -0.2) is 4.98 Å². The molecule has 0 bridgehead atoms. The van der Waals surface area contributed by atoms with Crippen LogP contribution in [0.3, 0.4) is 0 Å². The fraction of sp³-hybridized carbons (Fsp3) is 0. The highest BCUT2D eigenvalue weighted by Crippen LogP contribution is 2.38. The Morgan fingerprint density at radius 1 is 0.467 bits per heavy atom. The fourth-order valence-corrected chi connectivity index (χ4v) is 6.09. The van der Waals surface area contributed by atoms with E-state index in [1.807, 2.05) is 91.0 Å². The van der Waals surface area contributed by atoms with Crippen LogP contribution in [0.4, 0.5) is 0 Å². The molecule has 45 heavy (non-hydrogen) atoms. The normalized spacial score (nSPS) is 13.7. The molecule has 9 aromatic rings. The van der Waals surface area contributed by atoms with E-state index in [9.17, 15) is 0 Å². The summed E-state index contributed by atoms with van der Waals surface area (Å²) in [5.41, 5.74) is 4.74. The van der Waals surface area contributed by atoms with Gasteiger partial charge in [-0.2, -0.15) is 0 Å². The SMILES string of the molecule is [2H]c1nc2c(c([2H])c1[2H])c([2H])c([2H])c1c([2H])c([2H])c(-c3ccc(-c4ccc(-c5ccc(-c6cccc7ccccc67)o5)cc4)c4ccccc34)nc12. The summed E-state index contributed by atoms with van der Waals surface area (Å²) >= 11 is 0. The second-order valence-electron chi connectivity index (χ2n) is 10.9. The van der Waals surface area contributed by atoms with Gasteiger partial charge in [0.25, 0.3) is 0 Å². The molecule has 0 saturated carbocycles. The van der Waals surface area contributed by atoms with Crippen molar-refractivity contribution in [2.45, 2.75) is 0 Å². The maximum absolute atomic E-state index is 8.98. The first-order valence-electron chi connectivity index (χ1n) is 18.1. The van der Waals surface area contributed by atoms with Gasteiger partial charge in [0, 0.05) is 33.6 Å². The van der Waals surface area contributed by atoms with Crippen molar-refractivity contribution < 1.29 is 14.0 Å². The van der Waals surface area contributed by atoms with Crippen LogP contribution < -0.4 is 0 Å². The van der Waals surface area contributed by atoms with Gasteiger partial charge in [0.1, 0.15) is 11.5 Å². The molecule has 3 aromatic heterocycles. The Labute approximate surface area is 269 Å². The van der Waals surface area contributed by atoms with E-state index in [4.69, 9.17) is 19.0 Å². The van der Waals surface area contributed by atoms with E-state index in [-0.39, 0.29) is 51.7 Å². The zero-order valence-corrected chi connectivity index (χ0v) is 23.8. The molecule has 6 aromatic carbocycles. The van der Waals surface area contributed by atoms with Gasteiger partial charge >= 0.3 is 0 Å². The zero-order chi connectivity index (χ0) is 35.8. The van der Waals surface area contributed by atoms with Crippen LogP contribution >= 0.6 is 0 Å². The summed E-state index contributed by atoms with van der Waals surface area (Å²) < 4.78 is 66.1. The second-order valence-corrected chi connectivity index (χ2v) is 10.9. The first-order valence-corrected chi connectivity index (χ1v) is 14.6. The molecule has 0 saturated heterocycles. The molecule has 0 radical (unpaired) electrons. The number of nitrogens with zero attached hydrogens (tertiary/aromatic N) is 2. The lowest BCUT2D eigenvalue weighted by molar-refractivity contribution is 0.598. The molecule has 0 aliphatic heterocycles. The summed E-state index contributed by atoms with van der Waals surface area (Å²) in [7, 11) is 0. The summed E-state index contributed by atoms with van der Waals surface area (Å²) in [6.07, 6.45) is -0.459. The average molecular weight is 582 g/mol. The van der Waals surface area contributed by atoms with Gasteiger partial charge in [-0.3, -0.25) is 4.98 Å². The largest absolute Gasteiger partial charge is 0.456 e. The molecular weight excluding hydrogens is 548 g/mol. The molecule has 3 heterocycles.